The Kier molecular flexibility index (Phi) is 8.46. The number of hydrogen-bond acceptors (Lipinski definition) is 4. The van der Waals surface area contributed by atoms with E-state index in [-0.39, 0.29) is 34.6 Å². The number of hydrogen-bond donors (Lipinski definition) is 1. The Morgan fingerprint density at radius 3 is 2.03 bits per heavy atom. The first-order valence-electron chi connectivity index (χ1n) is 10.4. The van der Waals surface area contributed by atoms with Gasteiger partial charge in [-0.25, -0.2) is 4.39 Å². The van der Waals surface area contributed by atoms with Gasteiger partial charge in [-0.3, -0.25) is 0 Å². The highest BCUT2D eigenvalue weighted by molar-refractivity contribution is 5.52. The van der Waals surface area contributed by atoms with E-state index in [1.807, 2.05) is 0 Å². The number of ether oxygens (including phenoxy) is 2. The molecule has 200 valence electrons. The number of aliphatic hydroxyl groups excluding tert-OH is 1. The van der Waals surface area contributed by atoms with Crippen molar-refractivity contribution in [3.63, 3.8) is 0 Å². The van der Waals surface area contributed by atoms with E-state index in [0.717, 1.165) is 17.0 Å². The second-order valence-electron chi connectivity index (χ2n) is 7.69. The zero-order valence-electron chi connectivity index (χ0n) is 18.5. The van der Waals surface area contributed by atoms with Crippen LogP contribution in [-0.4, -0.2) is 30.5 Å². The minimum absolute atomic E-state index is 0.0000768. The van der Waals surface area contributed by atoms with Crippen LogP contribution in [0.5, 0.6) is 17.2 Å². The molecular formula is C24H18F9NO3. The van der Waals surface area contributed by atoms with E-state index < -0.39 is 49.5 Å². The van der Waals surface area contributed by atoms with Gasteiger partial charge in [0.2, 0.25) is 0 Å². The summed E-state index contributed by atoms with van der Waals surface area (Å²) in [6.45, 7) is -4.79. The second kappa shape index (κ2) is 11.2. The van der Waals surface area contributed by atoms with Crippen molar-refractivity contribution in [1.29, 1.82) is 0 Å². The smallest absolute Gasteiger partial charge is 0.416 e. The normalized spacial score (nSPS) is 12.9. The lowest BCUT2D eigenvalue weighted by atomic mass is 10.1. The molecule has 0 aliphatic heterocycles. The fourth-order valence-electron chi connectivity index (χ4n) is 3.22. The molecule has 1 N–H and O–H groups in total. The summed E-state index contributed by atoms with van der Waals surface area (Å²) in [4.78, 5) is 0.910. The van der Waals surface area contributed by atoms with Gasteiger partial charge in [-0.1, -0.05) is 18.2 Å². The van der Waals surface area contributed by atoms with E-state index >= 15 is 0 Å². The molecule has 3 rings (SSSR count). The first kappa shape index (κ1) is 28.0. The summed E-state index contributed by atoms with van der Waals surface area (Å²) in [5.74, 6) is -1.43. The lowest BCUT2D eigenvalue weighted by molar-refractivity contribution is -0.200. The van der Waals surface area contributed by atoms with Crippen LogP contribution in [0, 0.1) is 5.82 Å². The molecule has 1 unspecified atom stereocenters. The molecule has 0 bridgehead atoms. The van der Waals surface area contributed by atoms with Crippen molar-refractivity contribution in [3.05, 3.63) is 83.7 Å². The van der Waals surface area contributed by atoms with Crippen LogP contribution in [0.25, 0.3) is 0 Å². The molecule has 0 aliphatic carbocycles. The van der Waals surface area contributed by atoms with Gasteiger partial charge in [0, 0.05) is 29.9 Å². The summed E-state index contributed by atoms with van der Waals surface area (Å²) >= 11 is 0. The Labute approximate surface area is 204 Å². The van der Waals surface area contributed by atoms with Gasteiger partial charge in [0.15, 0.2) is 6.10 Å². The molecule has 13 heteroatoms. The molecule has 37 heavy (non-hydrogen) atoms. The Hall–Kier alpha value is -3.61. The summed E-state index contributed by atoms with van der Waals surface area (Å²) in [5, 5.41) is 9.61. The Morgan fingerprint density at radius 1 is 0.811 bits per heavy atom. The number of alkyl halides is 8. The summed E-state index contributed by atoms with van der Waals surface area (Å²) in [6, 6.07) is 12.0. The fourth-order valence-corrected chi connectivity index (χ4v) is 3.22. The van der Waals surface area contributed by atoms with E-state index in [2.05, 4.69) is 4.74 Å². The number of nitrogens with zero attached hydrogens (tertiary/aromatic N) is 1. The van der Waals surface area contributed by atoms with Crippen molar-refractivity contribution in [1.82, 2.24) is 0 Å². The lowest BCUT2D eigenvalue weighted by Crippen LogP contribution is -2.41. The number of anilines is 1. The topological polar surface area (TPSA) is 41.9 Å². The third-order valence-corrected chi connectivity index (χ3v) is 4.96. The molecule has 4 nitrogen and oxygen atoms in total. The fraction of sp³-hybridized carbons (Fsp3) is 0.250. The third kappa shape index (κ3) is 7.94. The number of benzene rings is 3. The standard InChI is InChI=1S/C24H18F9NO3/c25-20-9-15(23(28,29)30)8-7-14(20)12-34(13-21(35)24(31,32)33)16-3-1-4-17(10-16)36-18-5-2-6-19(11-18)37-22(26)27/h1-11,21-22,35H,12-13H2. The van der Waals surface area contributed by atoms with Crippen molar-refractivity contribution in [2.45, 2.75) is 31.6 Å². The second-order valence-corrected chi connectivity index (χ2v) is 7.69. The van der Waals surface area contributed by atoms with Crippen molar-refractivity contribution >= 4 is 5.69 Å². The Morgan fingerprint density at radius 2 is 1.43 bits per heavy atom. The van der Waals surface area contributed by atoms with Gasteiger partial charge in [0.1, 0.15) is 23.1 Å². The van der Waals surface area contributed by atoms with Crippen LogP contribution in [0.15, 0.2) is 66.7 Å². The maximum Gasteiger partial charge on any atom is 0.416 e. The zero-order valence-corrected chi connectivity index (χ0v) is 18.5. The SMILES string of the molecule is OC(CN(Cc1ccc(C(F)(F)F)cc1F)c1cccc(Oc2cccc(OC(F)F)c2)c1)C(F)(F)F. The highest BCUT2D eigenvalue weighted by atomic mass is 19.4. The summed E-state index contributed by atoms with van der Waals surface area (Å²) < 4.78 is 127. The predicted molar refractivity (Wildman–Crippen MR) is 114 cm³/mol. The zero-order chi connectivity index (χ0) is 27.4. The molecular weight excluding hydrogens is 521 g/mol. The van der Waals surface area contributed by atoms with Crippen LogP contribution in [0.1, 0.15) is 11.1 Å². The molecule has 3 aromatic carbocycles. The molecule has 0 radical (unpaired) electrons. The Bertz CT molecular complexity index is 1200. The van der Waals surface area contributed by atoms with Gasteiger partial charge < -0.3 is 19.5 Å². The van der Waals surface area contributed by atoms with E-state index in [1.165, 1.54) is 42.5 Å². The number of aliphatic hydroxyl groups is 1. The van der Waals surface area contributed by atoms with E-state index in [0.29, 0.717) is 6.07 Å². The molecule has 0 aliphatic rings. The maximum absolute atomic E-state index is 14.4. The van der Waals surface area contributed by atoms with Gasteiger partial charge in [-0.15, -0.1) is 0 Å². The highest BCUT2D eigenvalue weighted by Crippen LogP contribution is 2.33. The van der Waals surface area contributed by atoms with Crippen LogP contribution in [0.3, 0.4) is 0 Å². The summed E-state index contributed by atoms with van der Waals surface area (Å²) in [5.41, 5.74) is -1.63. The van der Waals surface area contributed by atoms with Crippen LogP contribution in [-0.2, 0) is 12.7 Å². The van der Waals surface area contributed by atoms with E-state index in [1.54, 1.807) is 0 Å². The van der Waals surface area contributed by atoms with Crippen molar-refractivity contribution in [2.24, 2.45) is 0 Å². The number of rotatable bonds is 9. The molecule has 0 saturated heterocycles. The molecule has 0 aromatic heterocycles. The molecule has 0 amide bonds. The molecule has 1 atom stereocenters. The first-order chi connectivity index (χ1) is 17.2. The van der Waals surface area contributed by atoms with Crippen molar-refractivity contribution in [3.8, 4) is 17.2 Å². The molecule has 0 spiro atoms. The minimum atomic E-state index is -5.03. The quantitative estimate of drug-likeness (QED) is 0.293. The van der Waals surface area contributed by atoms with E-state index in [9.17, 15) is 44.6 Å². The summed E-state index contributed by atoms with van der Waals surface area (Å²) in [6.07, 6.45) is -12.7. The molecule has 0 saturated carbocycles. The number of halogens is 9. The molecule has 0 heterocycles. The molecule has 3 aromatic rings. The Balaban J connectivity index is 1.90. The first-order valence-corrected chi connectivity index (χ1v) is 10.4. The average molecular weight is 539 g/mol. The molecule has 0 fully saturated rings. The summed E-state index contributed by atoms with van der Waals surface area (Å²) in [7, 11) is 0. The van der Waals surface area contributed by atoms with Crippen molar-refractivity contribution in [2.75, 3.05) is 11.4 Å². The highest BCUT2D eigenvalue weighted by Gasteiger charge is 2.39. The minimum Gasteiger partial charge on any atom is -0.457 e. The average Bonchev–Trinajstić information content (AvgIpc) is 2.78. The van der Waals surface area contributed by atoms with Gasteiger partial charge >= 0.3 is 19.0 Å². The monoisotopic (exact) mass is 539 g/mol. The van der Waals surface area contributed by atoms with Gasteiger partial charge in [0.05, 0.1) is 12.1 Å². The predicted octanol–water partition coefficient (Wildman–Crippen LogP) is 7.17. The van der Waals surface area contributed by atoms with Gasteiger partial charge in [-0.05, 0) is 36.4 Å². The van der Waals surface area contributed by atoms with Crippen LogP contribution in [0.2, 0.25) is 0 Å². The van der Waals surface area contributed by atoms with Crippen LogP contribution in [0.4, 0.5) is 45.2 Å². The van der Waals surface area contributed by atoms with Crippen LogP contribution < -0.4 is 14.4 Å². The van der Waals surface area contributed by atoms with Gasteiger partial charge in [0.25, 0.3) is 0 Å². The van der Waals surface area contributed by atoms with Crippen LogP contribution >= 0.6 is 0 Å². The lowest BCUT2D eigenvalue weighted by Gasteiger charge is -2.29. The third-order valence-electron chi connectivity index (χ3n) is 4.96. The van der Waals surface area contributed by atoms with E-state index in [4.69, 9.17) is 4.74 Å². The van der Waals surface area contributed by atoms with Gasteiger partial charge in [-0.2, -0.15) is 35.1 Å². The largest absolute Gasteiger partial charge is 0.457 e. The maximum atomic E-state index is 14.4. The van der Waals surface area contributed by atoms with Crippen molar-refractivity contribution < 1.29 is 54.1 Å².